The summed E-state index contributed by atoms with van der Waals surface area (Å²) in [6.45, 7) is 1.57. The van der Waals surface area contributed by atoms with Crippen LogP contribution in [0.25, 0.3) is 0 Å². The van der Waals surface area contributed by atoms with Crippen molar-refractivity contribution < 1.29 is 13.6 Å². The van der Waals surface area contributed by atoms with Crippen LogP contribution in [0.3, 0.4) is 0 Å². The molecule has 1 aliphatic carbocycles. The highest BCUT2D eigenvalue weighted by Crippen LogP contribution is 2.37. The molecule has 126 valence electrons. The number of carbonyl (C=O) groups is 1. The molecule has 2 fully saturated rings. The van der Waals surface area contributed by atoms with Crippen LogP contribution >= 0.6 is 11.8 Å². The van der Waals surface area contributed by atoms with Crippen LogP contribution < -0.4 is 0 Å². The number of amides is 1. The standard InChI is InChI=1S/C18H23F2NOS/c19-18(20)9-6-15(7-10-18)17(22)21-11-8-14(12-21)13-23-16-4-2-1-3-5-16/h1-5,14-15H,6-13H2/t14-/m0/s1. The van der Waals surface area contributed by atoms with Crippen molar-refractivity contribution in [3.63, 3.8) is 0 Å². The van der Waals surface area contributed by atoms with Crippen LogP contribution in [0.5, 0.6) is 0 Å². The van der Waals surface area contributed by atoms with E-state index in [9.17, 15) is 13.6 Å². The third-order valence-electron chi connectivity index (χ3n) is 4.89. The van der Waals surface area contributed by atoms with Crippen molar-refractivity contribution in [3.05, 3.63) is 30.3 Å². The summed E-state index contributed by atoms with van der Waals surface area (Å²) in [5.41, 5.74) is 0. The molecule has 1 heterocycles. The highest BCUT2D eigenvalue weighted by atomic mass is 32.2. The van der Waals surface area contributed by atoms with Gasteiger partial charge in [0.2, 0.25) is 11.8 Å². The zero-order valence-electron chi connectivity index (χ0n) is 13.2. The van der Waals surface area contributed by atoms with Crippen LogP contribution in [-0.4, -0.2) is 35.6 Å². The van der Waals surface area contributed by atoms with E-state index in [1.165, 1.54) is 4.90 Å². The van der Waals surface area contributed by atoms with E-state index >= 15 is 0 Å². The molecule has 5 heteroatoms. The van der Waals surface area contributed by atoms with Gasteiger partial charge in [0.15, 0.2) is 0 Å². The minimum atomic E-state index is -2.56. The topological polar surface area (TPSA) is 20.3 Å². The lowest BCUT2D eigenvalue weighted by Gasteiger charge is -2.30. The maximum atomic E-state index is 13.2. The van der Waals surface area contributed by atoms with E-state index in [4.69, 9.17) is 0 Å². The van der Waals surface area contributed by atoms with Gasteiger partial charge < -0.3 is 4.90 Å². The van der Waals surface area contributed by atoms with Gasteiger partial charge in [-0.25, -0.2) is 8.78 Å². The highest BCUT2D eigenvalue weighted by Gasteiger charge is 2.39. The lowest BCUT2D eigenvalue weighted by molar-refractivity contribution is -0.138. The average Bonchev–Trinajstić information content (AvgIpc) is 3.02. The number of thioether (sulfide) groups is 1. The summed E-state index contributed by atoms with van der Waals surface area (Å²) >= 11 is 1.83. The van der Waals surface area contributed by atoms with Gasteiger partial charge in [0, 0.05) is 42.5 Å². The maximum absolute atomic E-state index is 13.2. The van der Waals surface area contributed by atoms with Crippen molar-refractivity contribution in [2.24, 2.45) is 11.8 Å². The smallest absolute Gasteiger partial charge is 0.248 e. The number of benzene rings is 1. The van der Waals surface area contributed by atoms with Crippen molar-refractivity contribution in [2.45, 2.75) is 42.9 Å². The number of nitrogens with zero attached hydrogens (tertiary/aromatic N) is 1. The molecule has 3 rings (SSSR count). The summed E-state index contributed by atoms with van der Waals surface area (Å²) in [6, 6.07) is 10.3. The van der Waals surface area contributed by atoms with Gasteiger partial charge in [0.05, 0.1) is 0 Å². The van der Waals surface area contributed by atoms with Gasteiger partial charge in [-0.2, -0.15) is 0 Å². The van der Waals surface area contributed by atoms with Gasteiger partial charge in [-0.3, -0.25) is 4.79 Å². The molecule has 1 saturated carbocycles. The Hall–Kier alpha value is -1.10. The van der Waals surface area contributed by atoms with Crippen LogP contribution in [0.2, 0.25) is 0 Å². The fraction of sp³-hybridized carbons (Fsp3) is 0.611. The Morgan fingerprint density at radius 2 is 1.87 bits per heavy atom. The molecule has 23 heavy (non-hydrogen) atoms. The first-order valence-corrected chi connectivity index (χ1v) is 9.36. The molecule has 0 spiro atoms. The highest BCUT2D eigenvalue weighted by molar-refractivity contribution is 7.99. The maximum Gasteiger partial charge on any atom is 0.248 e. The number of halogens is 2. The monoisotopic (exact) mass is 339 g/mol. The van der Waals surface area contributed by atoms with E-state index in [0.29, 0.717) is 18.8 Å². The first-order chi connectivity index (χ1) is 11.0. The van der Waals surface area contributed by atoms with Crippen LogP contribution in [0, 0.1) is 11.8 Å². The summed E-state index contributed by atoms with van der Waals surface area (Å²) < 4.78 is 26.4. The molecule has 1 saturated heterocycles. The lowest BCUT2D eigenvalue weighted by Crippen LogP contribution is -2.38. The Labute approximate surface area is 140 Å². The molecule has 2 aliphatic rings. The minimum Gasteiger partial charge on any atom is -0.342 e. The van der Waals surface area contributed by atoms with Gasteiger partial charge in [0.25, 0.3) is 0 Å². The minimum absolute atomic E-state index is 0.104. The number of likely N-dealkylation sites (tertiary alicyclic amines) is 1. The second-order valence-electron chi connectivity index (χ2n) is 6.69. The van der Waals surface area contributed by atoms with Crippen molar-refractivity contribution >= 4 is 17.7 Å². The summed E-state index contributed by atoms with van der Waals surface area (Å²) in [6.07, 6.45) is 1.43. The number of hydrogen-bond acceptors (Lipinski definition) is 2. The summed E-state index contributed by atoms with van der Waals surface area (Å²) in [5.74, 6) is -1.12. The zero-order chi connectivity index (χ0) is 16.3. The second-order valence-corrected chi connectivity index (χ2v) is 7.79. The molecule has 0 unspecified atom stereocenters. The Morgan fingerprint density at radius 3 is 2.57 bits per heavy atom. The molecule has 2 nitrogen and oxygen atoms in total. The summed E-state index contributed by atoms with van der Waals surface area (Å²) in [7, 11) is 0. The van der Waals surface area contributed by atoms with E-state index in [2.05, 4.69) is 12.1 Å². The second kappa shape index (κ2) is 7.20. The van der Waals surface area contributed by atoms with Gasteiger partial charge in [-0.15, -0.1) is 11.8 Å². The molecule has 0 N–H and O–H groups in total. The lowest BCUT2D eigenvalue weighted by atomic mass is 9.86. The third-order valence-corrected chi connectivity index (χ3v) is 6.14. The van der Waals surface area contributed by atoms with Gasteiger partial charge in [0.1, 0.15) is 0 Å². The Morgan fingerprint density at radius 1 is 1.17 bits per heavy atom. The van der Waals surface area contributed by atoms with Crippen LogP contribution in [-0.2, 0) is 4.79 Å². The molecule has 0 radical (unpaired) electrons. The molecular weight excluding hydrogens is 316 g/mol. The molecule has 1 aliphatic heterocycles. The molecule has 0 bridgehead atoms. The number of carbonyl (C=O) groups excluding carboxylic acids is 1. The quantitative estimate of drug-likeness (QED) is 0.755. The Bertz CT molecular complexity index is 527. The van der Waals surface area contributed by atoms with Crippen LogP contribution in [0.1, 0.15) is 32.1 Å². The Balaban J connectivity index is 1.45. The van der Waals surface area contributed by atoms with Crippen molar-refractivity contribution in [2.75, 3.05) is 18.8 Å². The fourth-order valence-electron chi connectivity index (χ4n) is 3.44. The molecule has 1 aromatic carbocycles. The molecular formula is C18H23F2NOS. The van der Waals surface area contributed by atoms with Crippen molar-refractivity contribution in [1.29, 1.82) is 0 Å². The van der Waals surface area contributed by atoms with E-state index in [-0.39, 0.29) is 24.7 Å². The number of rotatable bonds is 4. The Kier molecular flexibility index (Phi) is 5.24. The largest absolute Gasteiger partial charge is 0.342 e. The summed E-state index contributed by atoms with van der Waals surface area (Å²) in [5, 5.41) is 0. The van der Waals surface area contributed by atoms with Gasteiger partial charge in [-0.05, 0) is 37.3 Å². The predicted octanol–water partition coefficient (Wildman–Crippen LogP) is 4.45. The SMILES string of the molecule is O=C(C1CCC(F)(F)CC1)N1CC[C@H](CSc2ccccc2)C1. The van der Waals surface area contributed by atoms with E-state index < -0.39 is 5.92 Å². The van der Waals surface area contributed by atoms with E-state index in [1.807, 2.05) is 34.9 Å². The predicted molar refractivity (Wildman–Crippen MR) is 88.8 cm³/mol. The van der Waals surface area contributed by atoms with E-state index in [0.717, 1.165) is 25.3 Å². The molecule has 0 aromatic heterocycles. The number of alkyl halides is 2. The molecule has 1 atom stereocenters. The molecule has 1 amide bonds. The first kappa shape index (κ1) is 16.7. The normalized spacial score (nSPS) is 24.8. The van der Waals surface area contributed by atoms with Gasteiger partial charge in [-0.1, -0.05) is 18.2 Å². The third kappa shape index (κ3) is 4.46. The van der Waals surface area contributed by atoms with Crippen molar-refractivity contribution in [3.8, 4) is 0 Å². The fourth-order valence-corrected chi connectivity index (χ4v) is 4.49. The molecule has 1 aromatic rings. The van der Waals surface area contributed by atoms with Crippen LogP contribution in [0.4, 0.5) is 8.78 Å². The van der Waals surface area contributed by atoms with Crippen LogP contribution in [0.15, 0.2) is 35.2 Å². The van der Waals surface area contributed by atoms with Gasteiger partial charge >= 0.3 is 0 Å². The average molecular weight is 339 g/mol. The summed E-state index contributed by atoms with van der Waals surface area (Å²) in [4.78, 5) is 15.7. The van der Waals surface area contributed by atoms with Crippen molar-refractivity contribution in [1.82, 2.24) is 4.90 Å². The van der Waals surface area contributed by atoms with E-state index in [1.54, 1.807) is 0 Å². The number of hydrogen-bond donors (Lipinski definition) is 0. The first-order valence-electron chi connectivity index (χ1n) is 8.38. The zero-order valence-corrected chi connectivity index (χ0v) is 14.0.